The first-order valence-electron chi connectivity index (χ1n) is 42.4. The number of methoxy groups -OCH3 is 2. The molecule has 1 aliphatic heterocycles. The Bertz CT molecular complexity index is 5220. The Morgan fingerprint density at radius 2 is 1.05 bits per heavy atom. The van der Waals surface area contributed by atoms with Gasteiger partial charge in [0.25, 0.3) is 5.92 Å². The maximum atomic E-state index is 12.6. The Morgan fingerprint density at radius 3 is 1.42 bits per heavy atom. The zero-order valence-corrected chi connectivity index (χ0v) is 81.4. The van der Waals surface area contributed by atoms with Crippen LogP contribution in [-0.2, 0) is 28.3 Å². The number of hydrogen-bond donors (Lipinski definition) is 0. The maximum absolute atomic E-state index is 12.6. The van der Waals surface area contributed by atoms with Crippen molar-refractivity contribution in [3.8, 4) is 17.8 Å². The largest absolute Gasteiger partial charge is 0.481 e. The van der Waals surface area contributed by atoms with Gasteiger partial charge in [0.05, 0.1) is 65.6 Å². The molecule has 24 nitrogen and oxygen atoms in total. The third kappa shape index (κ3) is 51.8. The molecule has 12 aromatic heterocycles. The first-order valence-corrected chi connectivity index (χ1v) is 43.3. The van der Waals surface area contributed by atoms with Gasteiger partial charge >= 0.3 is 5.97 Å². The van der Waals surface area contributed by atoms with E-state index in [9.17, 15) is 27.6 Å². The number of anilines is 1. The molecule has 0 N–H and O–H groups in total. The number of aromatic nitrogens is 16. The monoisotopic (exact) mass is 1790 g/mol. The van der Waals surface area contributed by atoms with E-state index in [0.717, 1.165) is 140 Å². The topological polar surface area (TPSA) is 312 Å². The number of aryl methyl sites for hydroxylation is 22. The van der Waals surface area contributed by atoms with Crippen LogP contribution in [0.4, 0.5) is 18.9 Å². The molecule has 14 rings (SSSR count). The number of ketones is 2. The van der Waals surface area contributed by atoms with E-state index in [1.54, 1.807) is 75.0 Å². The number of alkyl halides is 3. The molecule has 0 spiro atoms. The van der Waals surface area contributed by atoms with Crippen molar-refractivity contribution in [3.05, 3.63) is 299 Å². The average Bonchev–Trinajstić information content (AvgIpc) is 1.69. The summed E-state index contributed by atoms with van der Waals surface area (Å²) in [6.07, 6.45) is 17.2. The number of nitrogens with zero attached hydrogens (tertiary/aromatic N) is 18. The number of carbonyl (C=O) groups excluding carboxylic acids is 3. The predicted octanol–water partition coefficient (Wildman–Crippen LogP) is 22.6. The summed E-state index contributed by atoms with van der Waals surface area (Å²) in [5.74, 6) is 0.416. The van der Waals surface area contributed by atoms with Crippen LogP contribution in [0, 0.1) is 156 Å². The number of thiazole rings is 1. The summed E-state index contributed by atoms with van der Waals surface area (Å²) in [4.78, 5) is 91.6. The standard InChI is InChI=1S/C11H16N2.C9H14N2O.C9H14N2.C8H9F2N.C8H8N2.C8H9NO2.C8H9NO.C8H11N.C7H10N2O.C7H10N2.C7H9N.C5H7FO.C5H7NS.CH4/c1-10-5-6-11(9-12-10)13-7-3-2-4-8-13;1-6(2)12-9-5-7(3)10-8(4)11-9;1-4-5-9-6-7(2)10-8(3)11-9;1-6-5-7(3-4-11-6)8(2,9)10;1-6-3-7(2)10-5-8(6)4-9;1-6-3-4-7(5-9-6)8(10)11-2;1-6-5-8(7(2)10)3-4-9-6;1-3-8-5-4-7(2)9-6-8;1-5-4-7(10-3)9-6(2)8-5;1-5-4-6(2)8-9-7(5)3;1-6-4-3-5-7(2)8-6;1-3(7)4-2-5(4)6;1-4-3-7-5(2)6-4;/h5-6,9H,2-4,7-8H2,1H3;5-6H,1-4H3;6H,4-5H2,1-3H3;3-5H,1-2H3;3,5H,1-2H3;3-5H,1-2H3;3-5H,1-2H3;4-6H,3H2,1-2H3;4H,1-3H3;4H,1-3H3;3-5H,1-2H3;4-5H,2H2,1H3;3H,1-2H3;1H4. The van der Waals surface area contributed by atoms with Gasteiger partial charge in [0.2, 0.25) is 11.8 Å². The molecule has 13 heterocycles. The highest BCUT2D eigenvalue weighted by Crippen LogP contribution is 2.34. The number of piperidine rings is 1. The molecule has 0 aromatic carbocycles. The lowest BCUT2D eigenvalue weighted by atomic mass is 10.1. The van der Waals surface area contributed by atoms with E-state index in [-0.39, 0.29) is 42.5 Å². The van der Waals surface area contributed by atoms with Crippen LogP contribution in [0.1, 0.15) is 244 Å². The van der Waals surface area contributed by atoms with E-state index >= 15 is 0 Å². The van der Waals surface area contributed by atoms with E-state index in [1.807, 2.05) is 200 Å². The highest BCUT2D eigenvalue weighted by molar-refractivity contribution is 7.09. The van der Waals surface area contributed by atoms with E-state index in [1.165, 1.54) is 87.7 Å². The predicted molar refractivity (Wildman–Crippen MR) is 512 cm³/mol. The number of pyridine rings is 7. The number of hydrogen-bond acceptors (Lipinski definition) is 25. The summed E-state index contributed by atoms with van der Waals surface area (Å²) in [5, 5.41) is 19.5. The summed E-state index contributed by atoms with van der Waals surface area (Å²) in [6.45, 7) is 53.2. The number of ether oxygens (including phenoxy) is 3. The number of rotatable bonds is 11. The molecule has 2 aliphatic rings. The minimum absolute atomic E-state index is 0. The molecule has 0 bridgehead atoms. The Kier molecular flexibility index (Phi) is 54.9. The van der Waals surface area contributed by atoms with Crippen LogP contribution in [0.2, 0.25) is 0 Å². The Labute approximate surface area is 769 Å². The van der Waals surface area contributed by atoms with Gasteiger partial charge in [0, 0.05) is 154 Å². The molecular weight excluding hydrogens is 1650 g/mol. The molecule has 0 amide bonds. The molecule has 2 atom stereocenters. The van der Waals surface area contributed by atoms with Gasteiger partial charge in [-0.1, -0.05) is 39.8 Å². The van der Waals surface area contributed by atoms with Crippen molar-refractivity contribution in [1.29, 1.82) is 5.26 Å². The molecule has 28 heteroatoms. The molecule has 0 radical (unpaired) electrons. The molecular formula is C101H137F3N18O6S. The number of carbonyl (C=O) groups is 3. The Morgan fingerprint density at radius 1 is 0.527 bits per heavy atom. The lowest BCUT2D eigenvalue weighted by Gasteiger charge is -2.28. The van der Waals surface area contributed by atoms with Crippen molar-refractivity contribution in [3.63, 3.8) is 0 Å². The third-order valence-corrected chi connectivity index (χ3v) is 18.6. The van der Waals surface area contributed by atoms with Crippen LogP contribution in [0.5, 0.6) is 11.8 Å². The normalized spacial score (nSPS) is 12.0. The smallest absolute Gasteiger partial charge is 0.339 e. The van der Waals surface area contributed by atoms with Crippen molar-refractivity contribution in [2.75, 3.05) is 32.2 Å². The fourth-order valence-corrected chi connectivity index (χ4v) is 11.6. The molecule has 2 unspecified atom stereocenters. The lowest BCUT2D eigenvalue weighted by Crippen LogP contribution is -2.29. The zero-order valence-electron chi connectivity index (χ0n) is 80.6. The van der Waals surface area contributed by atoms with E-state index < -0.39 is 12.1 Å². The highest BCUT2D eigenvalue weighted by Gasteiger charge is 2.41. The van der Waals surface area contributed by atoms with Gasteiger partial charge < -0.3 is 19.1 Å². The first-order chi connectivity index (χ1) is 60.4. The summed E-state index contributed by atoms with van der Waals surface area (Å²) in [6, 6.07) is 35.8. The second-order valence-electron chi connectivity index (χ2n) is 30.7. The maximum Gasteiger partial charge on any atom is 0.339 e. The second-order valence-corrected chi connectivity index (χ2v) is 31.8. The molecule has 1 aliphatic carbocycles. The van der Waals surface area contributed by atoms with Crippen molar-refractivity contribution in [1.82, 2.24) is 80.0 Å². The van der Waals surface area contributed by atoms with Crippen LogP contribution in [0.25, 0.3) is 0 Å². The number of nitriles is 1. The molecule has 129 heavy (non-hydrogen) atoms. The molecule has 1 saturated carbocycles. The van der Waals surface area contributed by atoms with Gasteiger partial charge in [-0.2, -0.15) is 25.4 Å². The minimum Gasteiger partial charge on any atom is -0.481 e. The van der Waals surface area contributed by atoms with Gasteiger partial charge in [-0.3, -0.25) is 44.5 Å². The van der Waals surface area contributed by atoms with E-state index in [4.69, 9.17) is 14.7 Å². The third-order valence-electron chi connectivity index (χ3n) is 17.7. The summed E-state index contributed by atoms with van der Waals surface area (Å²) in [7, 11) is 2.95. The van der Waals surface area contributed by atoms with Crippen LogP contribution < -0.4 is 14.4 Å². The Balaban J connectivity index is 0.000000700. The minimum atomic E-state index is -2.76. The number of halogens is 3. The number of Topliss-reactive ketones (excluding diaryl/α,β-unsaturated/α-hetero) is 2. The van der Waals surface area contributed by atoms with Crippen LogP contribution in [0.3, 0.4) is 0 Å². The fourth-order valence-electron chi connectivity index (χ4n) is 11.0. The highest BCUT2D eigenvalue weighted by atomic mass is 32.1. The molecule has 1 saturated heterocycles. The van der Waals surface area contributed by atoms with Crippen LogP contribution in [-0.4, -0.2) is 137 Å². The zero-order chi connectivity index (χ0) is 96.2. The van der Waals surface area contributed by atoms with Gasteiger partial charge in [-0.25, -0.2) is 42.9 Å². The molecule has 694 valence electrons. The summed E-state index contributed by atoms with van der Waals surface area (Å²) < 4.78 is 51.9. The number of esters is 1. The summed E-state index contributed by atoms with van der Waals surface area (Å²) in [5.41, 5.74) is 21.6. The van der Waals surface area contributed by atoms with Crippen molar-refractivity contribution in [2.24, 2.45) is 5.92 Å². The van der Waals surface area contributed by atoms with Crippen molar-refractivity contribution >= 4 is 34.6 Å². The second kappa shape index (κ2) is 61.8. The van der Waals surface area contributed by atoms with Crippen LogP contribution in [0.15, 0.2) is 152 Å². The van der Waals surface area contributed by atoms with Gasteiger partial charge in [-0.15, -0.1) is 11.3 Å². The molecule has 12 aromatic rings. The molecule has 2 fully saturated rings. The van der Waals surface area contributed by atoms with Gasteiger partial charge in [0.1, 0.15) is 35.5 Å². The van der Waals surface area contributed by atoms with Gasteiger partial charge in [0.15, 0.2) is 5.78 Å². The first kappa shape index (κ1) is 114. The SMILES string of the molecule is C.CC(=O)C1CC1F.CC(=O)c1ccnc(C)c1.CCCc1cc(C)nc(C)n1.CCc1ccc(C)nc1.COC(=O)c1ccc(C)nc1.COc1cc(C)nc(C)n1.Cc1cc(C(C)(F)F)ccn1.Cc1cc(C)c(C#N)cn1.Cc1cc(C)c(C)nn1.Cc1cc(OC(C)C)nc(C)n1.Cc1ccc(N2CCCCC2)cn1.Cc1cccc(C)n1.Cc1csc(C)n1. The van der Waals surface area contributed by atoms with Crippen LogP contribution >= 0.6 is 11.3 Å². The van der Waals surface area contributed by atoms with E-state index in [2.05, 4.69) is 139 Å². The summed E-state index contributed by atoms with van der Waals surface area (Å²) >= 11 is 1.69. The van der Waals surface area contributed by atoms with E-state index in [0.29, 0.717) is 35.0 Å². The fraction of sp³-hybridized carbons (Fsp3) is 0.426. The lowest BCUT2D eigenvalue weighted by molar-refractivity contribution is -0.118. The quantitative estimate of drug-likeness (QED) is 0.0858. The average molecular weight is 1790 g/mol. The van der Waals surface area contributed by atoms with Gasteiger partial charge in [-0.05, 0) is 306 Å². The van der Waals surface area contributed by atoms with Crippen molar-refractivity contribution < 1.29 is 41.8 Å². The Hall–Kier alpha value is -12.5. The van der Waals surface area contributed by atoms with Crippen molar-refractivity contribution in [2.45, 2.75) is 258 Å².